The van der Waals surface area contributed by atoms with E-state index >= 15 is 0 Å². The van der Waals surface area contributed by atoms with Crippen molar-refractivity contribution in [1.29, 1.82) is 0 Å². The van der Waals surface area contributed by atoms with Gasteiger partial charge in [-0.3, -0.25) is 18.6 Å². The Bertz CT molecular complexity index is 939. The average molecular weight is 742 g/mol. The van der Waals surface area contributed by atoms with Crippen molar-refractivity contribution in [3.63, 3.8) is 0 Å². The van der Waals surface area contributed by atoms with Crippen molar-refractivity contribution in [3.05, 3.63) is 36.5 Å². The van der Waals surface area contributed by atoms with Crippen LogP contribution in [0, 0.1) is 0 Å². The van der Waals surface area contributed by atoms with Crippen LogP contribution in [0.2, 0.25) is 0 Å². The van der Waals surface area contributed by atoms with Crippen molar-refractivity contribution >= 4 is 19.8 Å². The molecule has 0 aromatic heterocycles. The summed E-state index contributed by atoms with van der Waals surface area (Å²) in [7, 11) is -4.39. The van der Waals surface area contributed by atoms with E-state index in [-0.39, 0.29) is 32.6 Å². The van der Waals surface area contributed by atoms with Crippen molar-refractivity contribution in [2.24, 2.45) is 5.73 Å². The monoisotopic (exact) mass is 742 g/mol. The average Bonchev–Trinajstić information content (AvgIpc) is 3.11. The predicted octanol–water partition coefficient (Wildman–Crippen LogP) is 11.4. The number of nitrogens with two attached hydrogens (primary N) is 1. The van der Waals surface area contributed by atoms with E-state index in [9.17, 15) is 19.0 Å². The molecule has 0 aliphatic heterocycles. The molecule has 0 radical (unpaired) electrons. The molecular formula is C41H76NO8P. The van der Waals surface area contributed by atoms with Gasteiger partial charge in [-0.25, -0.2) is 4.57 Å². The second-order valence-corrected chi connectivity index (χ2v) is 14.9. The van der Waals surface area contributed by atoms with E-state index in [0.717, 1.165) is 44.9 Å². The molecule has 0 saturated carbocycles. The zero-order valence-electron chi connectivity index (χ0n) is 32.6. The predicted molar refractivity (Wildman–Crippen MR) is 210 cm³/mol. The van der Waals surface area contributed by atoms with Crippen LogP contribution in [0.1, 0.15) is 181 Å². The molecule has 0 spiro atoms. The molecule has 3 N–H and O–H groups in total. The molecule has 0 heterocycles. The van der Waals surface area contributed by atoms with E-state index in [0.29, 0.717) is 6.42 Å². The number of ether oxygens (including phenoxy) is 2. The van der Waals surface area contributed by atoms with Crippen molar-refractivity contribution < 1.29 is 37.6 Å². The number of hydrogen-bond donors (Lipinski definition) is 2. The van der Waals surface area contributed by atoms with Gasteiger partial charge >= 0.3 is 19.8 Å². The molecule has 2 atom stereocenters. The van der Waals surface area contributed by atoms with E-state index < -0.39 is 32.5 Å². The van der Waals surface area contributed by atoms with Crippen molar-refractivity contribution in [2.75, 3.05) is 26.4 Å². The number of esters is 2. The number of phosphoric acid groups is 1. The second-order valence-electron chi connectivity index (χ2n) is 13.5. The summed E-state index contributed by atoms with van der Waals surface area (Å²) < 4.78 is 32.6. The molecule has 9 nitrogen and oxygen atoms in total. The molecule has 0 aromatic carbocycles. The highest BCUT2D eigenvalue weighted by molar-refractivity contribution is 7.47. The number of phosphoric ester groups is 1. The number of allylic oxidation sites excluding steroid dienone is 6. The summed E-state index contributed by atoms with van der Waals surface area (Å²) in [5, 5.41) is 0. The van der Waals surface area contributed by atoms with Crippen molar-refractivity contribution in [3.8, 4) is 0 Å². The Hall–Kier alpha value is -1.77. The molecule has 0 fully saturated rings. The maximum atomic E-state index is 12.5. The molecule has 51 heavy (non-hydrogen) atoms. The van der Waals surface area contributed by atoms with Crippen LogP contribution >= 0.6 is 7.82 Å². The Labute approximate surface area is 312 Å². The van der Waals surface area contributed by atoms with Crippen LogP contribution in [0.25, 0.3) is 0 Å². The highest BCUT2D eigenvalue weighted by Crippen LogP contribution is 2.43. The zero-order chi connectivity index (χ0) is 37.5. The van der Waals surface area contributed by atoms with Gasteiger partial charge in [0.1, 0.15) is 6.61 Å². The van der Waals surface area contributed by atoms with Gasteiger partial charge in [0.05, 0.1) is 13.2 Å². The highest BCUT2D eigenvalue weighted by atomic mass is 31.2. The summed E-state index contributed by atoms with van der Waals surface area (Å²) >= 11 is 0. The minimum atomic E-state index is -4.39. The number of unbranched alkanes of at least 4 members (excludes halogenated alkanes) is 19. The van der Waals surface area contributed by atoms with E-state index in [1.807, 2.05) is 12.2 Å². The van der Waals surface area contributed by atoms with Gasteiger partial charge in [-0.15, -0.1) is 0 Å². The SMILES string of the molecule is CCCCCCCC/C=C/C/C=C/CCC(=O)OC(COC(=O)CCCCCCCCC/C=C/CCCCCCCC)COP(=O)(O)OCCN. The van der Waals surface area contributed by atoms with Gasteiger partial charge in [0.2, 0.25) is 0 Å². The maximum absolute atomic E-state index is 12.5. The largest absolute Gasteiger partial charge is 0.472 e. The van der Waals surface area contributed by atoms with Crippen LogP contribution in [0.15, 0.2) is 36.5 Å². The fourth-order valence-electron chi connectivity index (χ4n) is 5.45. The molecule has 0 aliphatic carbocycles. The summed E-state index contributed by atoms with van der Waals surface area (Å²) in [6.45, 7) is 3.64. The van der Waals surface area contributed by atoms with Crippen LogP contribution in [0.3, 0.4) is 0 Å². The summed E-state index contributed by atoms with van der Waals surface area (Å²) in [6.07, 6.45) is 40.5. The first-order chi connectivity index (χ1) is 24.8. The number of rotatable bonds is 38. The van der Waals surface area contributed by atoms with Crippen LogP contribution in [0.4, 0.5) is 0 Å². The smallest absolute Gasteiger partial charge is 0.462 e. The van der Waals surface area contributed by atoms with E-state index in [1.165, 1.54) is 103 Å². The molecule has 2 unspecified atom stereocenters. The molecule has 298 valence electrons. The number of carbonyl (C=O) groups excluding carboxylic acids is 2. The molecule has 0 saturated heterocycles. The van der Waals surface area contributed by atoms with Gasteiger partial charge in [0, 0.05) is 19.4 Å². The summed E-state index contributed by atoms with van der Waals surface area (Å²) in [5.74, 6) is -0.911. The quantitative estimate of drug-likeness (QED) is 0.0274. The highest BCUT2D eigenvalue weighted by Gasteiger charge is 2.25. The Kier molecular flexibility index (Phi) is 36.7. The Balaban J connectivity index is 4.24. The van der Waals surface area contributed by atoms with Crippen LogP contribution < -0.4 is 5.73 Å². The first kappa shape index (κ1) is 49.2. The molecule has 0 rings (SSSR count). The van der Waals surface area contributed by atoms with E-state index in [2.05, 4.69) is 38.2 Å². The fraction of sp³-hybridized carbons (Fsp3) is 0.805. The normalized spacial score (nSPS) is 13.7. The van der Waals surface area contributed by atoms with Crippen molar-refractivity contribution in [1.82, 2.24) is 0 Å². The van der Waals surface area contributed by atoms with Gasteiger partial charge in [-0.05, 0) is 57.8 Å². The van der Waals surface area contributed by atoms with Crippen LogP contribution in [0.5, 0.6) is 0 Å². The summed E-state index contributed by atoms with van der Waals surface area (Å²) in [6, 6.07) is 0. The minimum absolute atomic E-state index is 0.0450. The molecule has 0 amide bonds. The first-order valence-corrected chi connectivity index (χ1v) is 22.0. The summed E-state index contributed by atoms with van der Waals surface area (Å²) in [5.41, 5.74) is 5.33. The lowest BCUT2D eigenvalue weighted by atomic mass is 10.1. The Morgan fingerprint density at radius 1 is 0.588 bits per heavy atom. The third-order valence-corrected chi connectivity index (χ3v) is 9.50. The fourth-order valence-corrected chi connectivity index (χ4v) is 6.21. The molecule has 0 aromatic rings. The molecular weight excluding hydrogens is 665 g/mol. The maximum Gasteiger partial charge on any atom is 0.472 e. The Morgan fingerprint density at radius 3 is 1.59 bits per heavy atom. The molecule has 10 heteroatoms. The Morgan fingerprint density at radius 2 is 1.06 bits per heavy atom. The van der Waals surface area contributed by atoms with E-state index in [1.54, 1.807) is 0 Å². The van der Waals surface area contributed by atoms with Crippen molar-refractivity contribution in [2.45, 2.75) is 187 Å². The molecule has 0 bridgehead atoms. The number of hydrogen-bond acceptors (Lipinski definition) is 8. The molecule has 0 aliphatic rings. The lowest BCUT2D eigenvalue weighted by Crippen LogP contribution is -2.29. The van der Waals surface area contributed by atoms with Crippen LogP contribution in [-0.2, 0) is 32.7 Å². The standard InChI is InChI=1S/C41H76NO8P/c1-3-5-7-9-11-13-15-17-18-19-20-22-23-25-27-29-31-33-40(43)47-37-39(38-49-51(45,46)48-36-35-42)50-41(44)34-32-30-28-26-24-21-16-14-12-10-8-6-4-2/h17-18,21,24,28,30,39H,3-16,19-20,22-23,25-27,29,31-38,42H2,1-2H3,(H,45,46)/b18-17+,24-21+,30-28+. The lowest BCUT2D eigenvalue weighted by molar-refractivity contribution is -0.161. The van der Waals surface area contributed by atoms with Gasteiger partial charge in [-0.1, -0.05) is 147 Å². The second kappa shape index (κ2) is 38.0. The first-order valence-electron chi connectivity index (χ1n) is 20.5. The van der Waals surface area contributed by atoms with Gasteiger partial charge in [0.15, 0.2) is 6.10 Å². The topological polar surface area (TPSA) is 134 Å². The number of carbonyl (C=O) groups is 2. The third-order valence-electron chi connectivity index (χ3n) is 8.51. The van der Waals surface area contributed by atoms with E-state index in [4.69, 9.17) is 24.3 Å². The zero-order valence-corrected chi connectivity index (χ0v) is 33.5. The lowest BCUT2D eigenvalue weighted by Gasteiger charge is -2.19. The van der Waals surface area contributed by atoms with Gasteiger partial charge in [-0.2, -0.15) is 0 Å². The van der Waals surface area contributed by atoms with Gasteiger partial charge < -0.3 is 20.1 Å². The summed E-state index contributed by atoms with van der Waals surface area (Å²) in [4.78, 5) is 34.7. The van der Waals surface area contributed by atoms with Crippen LogP contribution in [-0.4, -0.2) is 49.3 Å². The van der Waals surface area contributed by atoms with Gasteiger partial charge in [0.25, 0.3) is 0 Å². The third kappa shape index (κ3) is 37.8. The minimum Gasteiger partial charge on any atom is -0.462 e.